The summed E-state index contributed by atoms with van der Waals surface area (Å²) in [6.45, 7) is 7.66. The van der Waals surface area contributed by atoms with Crippen LogP contribution < -0.4 is 5.32 Å². The van der Waals surface area contributed by atoms with Gasteiger partial charge in [0, 0.05) is 17.9 Å². The smallest absolute Gasteiger partial charge is 0.236 e. The first-order valence-corrected chi connectivity index (χ1v) is 10.8. The third-order valence-corrected chi connectivity index (χ3v) is 6.24. The molecule has 0 aromatic carbocycles. The monoisotopic (exact) mass is 395 g/mol. The zero-order valence-electron chi connectivity index (χ0n) is 15.4. The molecule has 3 heterocycles. The standard InChI is InChI=1S/C17H25N5O2S2/c1-4-6-14-20-21-17(22(14)9-13-7-5-8-24-13)25-10-15(23)19-16-18-11(2)12(3)26-16/h13H,4-10H2,1-3H3,(H,18,19,23). The number of aromatic nitrogens is 4. The van der Waals surface area contributed by atoms with Gasteiger partial charge in [0.05, 0.1) is 24.1 Å². The van der Waals surface area contributed by atoms with Crippen LogP contribution >= 0.6 is 23.1 Å². The zero-order chi connectivity index (χ0) is 18.5. The van der Waals surface area contributed by atoms with Gasteiger partial charge in [-0.2, -0.15) is 0 Å². The maximum atomic E-state index is 12.2. The highest BCUT2D eigenvalue weighted by molar-refractivity contribution is 7.99. The molecule has 1 saturated heterocycles. The van der Waals surface area contributed by atoms with Crippen LogP contribution in [0.3, 0.4) is 0 Å². The van der Waals surface area contributed by atoms with Gasteiger partial charge in [0.25, 0.3) is 0 Å². The molecule has 26 heavy (non-hydrogen) atoms. The van der Waals surface area contributed by atoms with Crippen molar-refractivity contribution in [2.75, 3.05) is 17.7 Å². The molecule has 1 unspecified atom stereocenters. The van der Waals surface area contributed by atoms with E-state index in [2.05, 4.69) is 32.0 Å². The largest absolute Gasteiger partial charge is 0.376 e. The molecule has 3 rings (SSSR count). The summed E-state index contributed by atoms with van der Waals surface area (Å²) < 4.78 is 7.88. The van der Waals surface area contributed by atoms with Gasteiger partial charge in [0.1, 0.15) is 5.82 Å². The number of nitrogens with one attached hydrogen (secondary N) is 1. The van der Waals surface area contributed by atoms with E-state index in [0.29, 0.717) is 5.13 Å². The van der Waals surface area contributed by atoms with Crippen LogP contribution in [0.4, 0.5) is 5.13 Å². The van der Waals surface area contributed by atoms with Crippen LogP contribution in [-0.2, 0) is 22.5 Å². The summed E-state index contributed by atoms with van der Waals surface area (Å²) in [6.07, 6.45) is 4.28. The number of thioether (sulfide) groups is 1. The number of aryl methyl sites for hydroxylation is 3. The van der Waals surface area contributed by atoms with Gasteiger partial charge in [-0.1, -0.05) is 18.7 Å². The van der Waals surface area contributed by atoms with Crippen molar-refractivity contribution in [1.82, 2.24) is 19.7 Å². The second kappa shape index (κ2) is 8.96. The molecule has 2 aromatic rings. The van der Waals surface area contributed by atoms with Crippen molar-refractivity contribution in [3.63, 3.8) is 0 Å². The number of hydrogen-bond acceptors (Lipinski definition) is 7. The van der Waals surface area contributed by atoms with Crippen LogP contribution in [0, 0.1) is 13.8 Å². The van der Waals surface area contributed by atoms with Gasteiger partial charge in [0.15, 0.2) is 10.3 Å². The van der Waals surface area contributed by atoms with E-state index < -0.39 is 0 Å². The summed E-state index contributed by atoms with van der Waals surface area (Å²) in [5, 5.41) is 12.9. The van der Waals surface area contributed by atoms with Crippen molar-refractivity contribution >= 4 is 34.1 Å². The molecule has 0 radical (unpaired) electrons. The van der Waals surface area contributed by atoms with Crippen molar-refractivity contribution in [1.29, 1.82) is 0 Å². The van der Waals surface area contributed by atoms with E-state index in [0.717, 1.165) is 60.4 Å². The normalized spacial score (nSPS) is 17.0. The Morgan fingerprint density at radius 3 is 2.92 bits per heavy atom. The minimum atomic E-state index is -0.0764. The quantitative estimate of drug-likeness (QED) is 0.691. The lowest BCUT2D eigenvalue weighted by Crippen LogP contribution is -2.19. The third-order valence-electron chi connectivity index (χ3n) is 4.28. The van der Waals surface area contributed by atoms with Gasteiger partial charge in [0.2, 0.25) is 5.91 Å². The predicted molar refractivity (Wildman–Crippen MR) is 104 cm³/mol. The summed E-state index contributed by atoms with van der Waals surface area (Å²) in [5.41, 5.74) is 0.957. The summed E-state index contributed by atoms with van der Waals surface area (Å²) in [4.78, 5) is 17.7. The molecule has 7 nitrogen and oxygen atoms in total. The lowest BCUT2D eigenvalue weighted by Gasteiger charge is -2.14. The molecule has 2 aromatic heterocycles. The topological polar surface area (TPSA) is 81.9 Å². The van der Waals surface area contributed by atoms with Crippen LogP contribution in [0.2, 0.25) is 0 Å². The summed E-state index contributed by atoms with van der Waals surface area (Å²) in [5.74, 6) is 1.18. The van der Waals surface area contributed by atoms with Crippen LogP contribution in [0.1, 0.15) is 42.6 Å². The molecule has 1 amide bonds. The molecule has 1 aliphatic rings. The maximum absolute atomic E-state index is 12.2. The van der Waals surface area contributed by atoms with Gasteiger partial charge in [-0.25, -0.2) is 4.98 Å². The lowest BCUT2D eigenvalue weighted by atomic mass is 10.2. The Bertz CT molecular complexity index is 733. The SMILES string of the molecule is CCCc1nnc(SCC(=O)Nc2nc(C)c(C)s2)n1CC1CCCO1. The van der Waals surface area contributed by atoms with E-state index in [1.165, 1.54) is 23.1 Å². The highest BCUT2D eigenvalue weighted by Crippen LogP contribution is 2.24. The number of carbonyl (C=O) groups is 1. The Balaban J connectivity index is 1.61. The summed E-state index contributed by atoms with van der Waals surface area (Å²) >= 11 is 2.91. The Kier molecular flexibility index (Phi) is 6.66. The van der Waals surface area contributed by atoms with Crippen LogP contribution in [0.15, 0.2) is 5.16 Å². The fourth-order valence-corrected chi connectivity index (χ4v) is 4.42. The third kappa shape index (κ3) is 4.83. The molecule has 1 aliphatic heterocycles. The lowest BCUT2D eigenvalue weighted by molar-refractivity contribution is -0.113. The van der Waals surface area contributed by atoms with E-state index in [9.17, 15) is 4.79 Å². The first-order valence-electron chi connectivity index (χ1n) is 8.97. The molecule has 0 spiro atoms. The Morgan fingerprint density at radius 1 is 1.42 bits per heavy atom. The molecule has 1 atom stereocenters. The average Bonchev–Trinajstić information content (AvgIpc) is 3.31. The van der Waals surface area contributed by atoms with Gasteiger partial charge in [-0.05, 0) is 33.1 Å². The van der Waals surface area contributed by atoms with Crippen molar-refractivity contribution in [2.45, 2.75) is 64.3 Å². The number of carbonyl (C=O) groups excluding carboxylic acids is 1. The second-order valence-corrected chi connectivity index (χ2v) is 8.54. The number of rotatable bonds is 8. The minimum Gasteiger partial charge on any atom is -0.376 e. The van der Waals surface area contributed by atoms with Crippen molar-refractivity contribution in [2.24, 2.45) is 0 Å². The number of thiazole rings is 1. The fourth-order valence-electron chi connectivity index (χ4n) is 2.82. The van der Waals surface area contributed by atoms with Gasteiger partial charge in [-0.15, -0.1) is 21.5 Å². The molecule has 0 bridgehead atoms. The molecule has 0 saturated carbocycles. The van der Waals surface area contributed by atoms with E-state index in [1.54, 1.807) is 0 Å². The van der Waals surface area contributed by atoms with E-state index in [1.807, 2.05) is 13.8 Å². The zero-order valence-corrected chi connectivity index (χ0v) is 17.1. The summed E-state index contributed by atoms with van der Waals surface area (Å²) in [7, 11) is 0. The van der Waals surface area contributed by atoms with Gasteiger partial charge < -0.3 is 14.6 Å². The van der Waals surface area contributed by atoms with Crippen LogP contribution in [-0.4, -0.2) is 44.1 Å². The average molecular weight is 396 g/mol. The highest BCUT2D eigenvalue weighted by Gasteiger charge is 2.21. The first kappa shape index (κ1) is 19.3. The number of anilines is 1. The fraction of sp³-hybridized carbons (Fsp3) is 0.647. The van der Waals surface area contributed by atoms with E-state index in [-0.39, 0.29) is 17.8 Å². The molecule has 0 aliphatic carbocycles. The molecular formula is C17H25N5O2S2. The predicted octanol–water partition coefficient (Wildman–Crippen LogP) is 3.21. The van der Waals surface area contributed by atoms with E-state index >= 15 is 0 Å². The Labute approximate surface area is 161 Å². The Morgan fingerprint density at radius 2 is 2.27 bits per heavy atom. The first-order chi connectivity index (χ1) is 12.6. The van der Waals surface area contributed by atoms with Gasteiger partial charge in [-0.3, -0.25) is 4.79 Å². The Hall–Kier alpha value is -1.45. The van der Waals surface area contributed by atoms with E-state index in [4.69, 9.17) is 4.74 Å². The molecule has 1 N–H and O–H groups in total. The maximum Gasteiger partial charge on any atom is 0.236 e. The van der Waals surface area contributed by atoms with Crippen LogP contribution in [0.5, 0.6) is 0 Å². The number of amides is 1. The summed E-state index contributed by atoms with van der Waals surface area (Å²) in [6, 6.07) is 0. The molecule has 142 valence electrons. The van der Waals surface area contributed by atoms with Crippen molar-refractivity contribution in [3.8, 4) is 0 Å². The minimum absolute atomic E-state index is 0.0764. The highest BCUT2D eigenvalue weighted by atomic mass is 32.2. The van der Waals surface area contributed by atoms with Crippen molar-refractivity contribution in [3.05, 3.63) is 16.4 Å². The second-order valence-electron chi connectivity index (χ2n) is 6.39. The van der Waals surface area contributed by atoms with Crippen molar-refractivity contribution < 1.29 is 9.53 Å². The van der Waals surface area contributed by atoms with Crippen LogP contribution in [0.25, 0.3) is 0 Å². The van der Waals surface area contributed by atoms with Gasteiger partial charge >= 0.3 is 0 Å². The molecular weight excluding hydrogens is 370 g/mol. The molecule has 1 fully saturated rings. The number of hydrogen-bond donors (Lipinski definition) is 1. The number of nitrogens with zero attached hydrogens (tertiary/aromatic N) is 4. The molecule has 9 heteroatoms. The number of ether oxygens (including phenoxy) is 1.